The first-order valence-electron chi connectivity index (χ1n) is 5.36. The van der Waals surface area contributed by atoms with Crippen molar-refractivity contribution < 1.29 is 0 Å². The largest absolute Gasteiger partial charge is 0.347 e. The zero-order chi connectivity index (χ0) is 10.1. The normalized spacial score (nSPS) is 15.3. The third-order valence-corrected chi connectivity index (χ3v) is 3.00. The predicted molar refractivity (Wildman–Crippen MR) is 56.2 cm³/mol. The highest BCUT2D eigenvalue weighted by atomic mass is 15.0. The van der Waals surface area contributed by atoms with E-state index in [0.29, 0.717) is 5.92 Å². The summed E-state index contributed by atoms with van der Waals surface area (Å²) >= 11 is 0. The quantitative estimate of drug-likeness (QED) is 0.666. The van der Waals surface area contributed by atoms with E-state index in [1.54, 1.807) is 0 Å². The number of nitrogens with zero attached hydrogens (tertiary/aromatic N) is 2. The molecule has 2 rings (SSSR count). The molecule has 0 amide bonds. The first-order valence-corrected chi connectivity index (χ1v) is 5.36. The molecule has 1 aliphatic heterocycles. The number of hydrogen-bond donors (Lipinski definition) is 0. The van der Waals surface area contributed by atoms with Crippen LogP contribution in [0.25, 0.3) is 0 Å². The van der Waals surface area contributed by atoms with Crippen LogP contribution < -0.4 is 0 Å². The van der Waals surface area contributed by atoms with E-state index in [9.17, 15) is 0 Å². The highest BCUT2D eigenvalue weighted by molar-refractivity contribution is 5.40. The number of nitriles is 1. The molecule has 1 aromatic rings. The summed E-state index contributed by atoms with van der Waals surface area (Å²) in [6.45, 7) is 5.49. The molecule has 0 radical (unpaired) electrons. The van der Waals surface area contributed by atoms with E-state index in [2.05, 4.69) is 30.6 Å². The summed E-state index contributed by atoms with van der Waals surface area (Å²) in [5, 5.41) is 9.03. The van der Waals surface area contributed by atoms with E-state index in [-0.39, 0.29) is 0 Å². The van der Waals surface area contributed by atoms with E-state index >= 15 is 0 Å². The lowest BCUT2D eigenvalue weighted by Crippen LogP contribution is -2.13. The highest BCUT2D eigenvalue weighted by Crippen LogP contribution is 2.27. The van der Waals surface area contributed by atoms with Crippen LogP contribution >= 0.6 is 0 Å². The summed E-state index contributed by atoms with van der Waals surface area (Å²) in [4.78, 5) is 0. The first kappa shape index (κ1) is 9.33. The van der Waals surface area contributed by atoms with Crippen LogP contribution in [0.1, 0.15) is 49.6 Å². The molecule has 14 heavy (non-hydrogen) atoms. The van der Waals surface area contributed by atoms with Gasteiger partial charge in [0.1, 0.15) is 6.07 Å². The number of fused-ring (bicyclic) bond motifs is 1. The molecule has 2 heteroatoms. The fourth-order valence-electron chi connectivity index (χ4n) is 2.28. The summed E-state index contributed by atoms with van der Waals surface area (Å²) in [7, 11) is 0. The minimum Gasteiger partial charge on any atom is -0.347 e. The van der Waals surface area contributed by atoms with E-state index in [4.69, 9.17) is 5.26 Å². The Morgan fingerprint density at radius 3 is 2.86 bits per heavy atom. The van der Waals surface area contributed by atoms with Gasteiger partial charge in [-0.05, 0) is 31.2 Å². The SMILES string of the molecule is CC(C)c1cc(C#N)c2n1CCCC2. The van der Waals surface area contributed by atoms with Crippen molar-refractivity contribution >= 4 is 0 Å². The van der Waals surface area contributed by atoms with Gasteiger partial charge in [0.15, 0.2) is 0 Å². The minimum atomic E-state index is 0.522. The molecular weight excluding hydrogens is 172 g/mol. The third-order valence-electron chi connectivity index (χ3n) is 3.00. The minimum absolute atomic E-state index is 0.522. The van der Waals surface area contributed by atoms with Gasteiger partial charge >= 0.3 is 0 Å². The zero-order valence-electron chi connectivity index (χ0n) is 8.88. The van der Waals surface area contributed by atoms with Crippen molar-refractivity contribution in [1.82, 2.24) is 4.57 Å². The standard InChI is InChI=1S/C12H16N2/c1-9(2)12-7-10(8-13)11-5-3-4-6-14(11)12/h7,9H,3-6H2,1-2H3. The number of hydrogen-bond acceptors (Lipinski definition) is 1. The van der Waals surface area contributed by atoms with Crippen LogP contribution in [0, 0.1) is 11.3 Å². The molecule has 0 saturated carbocycles. The van der Waals surface area contributed by atoms with Gasteiger partial charge in [0.2, 0.25) is 0 Å². The Bertz CT molecular complexity index is 380. The molecule has 74 valence electrons. The zero-order valence-corrected chi connectivity index (χ0v) is 8.88. The van der Waals surface area contributed by atoms with Crippen LogP contribution in [0.15, 0.2) is 6.07 Å². The van der Waals surface area contributed by atoms with E-state index in [1.165, 1.54) is 24.2 Å². The van der Waals surface area contributed by atoms with E-state index in [1.807, 2.05) is 0 Å². The molecule has 0 spiro atoms. The van der Waals surface area contributed by atoms with Gasteiger partial charge in [0.25, 0.3) is 0 Å². The Labute approximate surface area is 85.2 Å². The van der Waals surface area contributed by atoms with Gasteiger partial charge < -0.3 is 4.57 Å². The topological polar surface area (TPSA) is 28.7 Å². The Morgan fingerprint density at radius 1 is 1.43 bits per heavy atom. The molecular formula is C12H16N2. The second-order valence-corrected chi connectivity index (χ2v) is 4.30. The van der Waals surface area contributed by atoms with Gasteiger partial charge in [-0.15, -0.1) is 0 Å². The Balaban J connectivity index is 2.53. The van der Waals surface area contributed by atoms with Gasteiger partial charge in [-0.2, -0.15) is 5.26 Å². The fraction of sp³-hybridized carbons (Fsp3) is 0.583. The molecule has 2 heterocycles. The molecule has 0 bridgehead atoms. The van der Waals surface area contributed by atoms with Crippen LogP contribution in [0.4, 0.5) is 0 Å². The molecule has 0 atom stereocenters. The van der Waals surface area contributed by atoms with Crippen molar-refractivity contribution in [2.75, 3.05) is 0 Å². The molecule has 2 nitrogen and oxygen atoms in total. The van der Waals surface area contributed by atoms with Crippen LogP contribution in [0.2, 0.25) is 0 Å². The highest BCUT2D eigenvalue weighted by Gasteiger charge is 2.19. The van der Waals surface area contributed by atoms with Crippen LogP contribution in [-0.4, -0.2) is 4.57 Å². The summed E-state index contributed by atoms with van der Waals surface area (Å²) in [5.41, 5.74) is 3.49. The molecule has 0 aliphatic carbocycles. The fourth-order valence-corrected chi connectivity index (χ4v) is 2.28. The van der Waals surface area contributed by atoms with Crippen molar-refractivity contribution in [3.05, 3.63) is 23.0 Å². The Morgan fingerprint density at radius 2 is 2.21 bits per heavy atom. The van der Waals surface area contributed by atoms with Gasteiger partial charge in [0.05, 0.1) is 5.56 Å². The summed E-state index contributed by atoms with van der Waals surface area (Å²) < 4.78 is 2.35. The molecule has 0 aromatic carbocycles. The monoisotopic (exact) mass is 188 g/mol. The molecule has 0 saturated heterocycles. The maximum Gasteiger partial charge on any atom is 0.101 e. The van der Waals surface area contributed by atoms with Crippen molar-refractivity contribution in [3.63, 3.8) is 0 Å². The van der Waals surface area contributed by atoms with Gasteiger partial charge in [0, 0.05) is 17.9 Å². The third kappa shape index (κ3) is 1.33. The second-order valence-electron chi connectivity index (χ2n) is 4.30. The Hall–Kier alpha value is -1.23. The lowest BCUT2D eigenvalue weighted by Gasteiger charge is -2.19. The number of rotatable bonds is 1. The molecule has 0 unspecified atom stereocenters. The average Bonchev–Trinajstić information content (AvgIpc) is 2.56. The van der Waals surface area contributed by atoms with Crippen LogP contribution in [0.5, 0.6) is 0 Å². The summed E-state index contributed by atoms with van der Waals surface area (Å²) in [6.07, 6.45) is 3.57. The molecule has 1 aliphatic rings. The smallest absolute Gasteiger partial charge is 0.101 e. The lowest BCUT2D eigenvalue weighted by molar-refractivity contribution is 0.508. The average molecular weight is 188 g/mol. The second kappa shape index (κ2) is 3.49. The predicted octanol–water partition coefficient (Wildman–Crippen LogP) is 2.82. The van der Waals surface area contributed by atoms with Gasteiger partial charge in [-0.25, -0.2) is 0 Å². The Kier molecular flexibility index (Phi) is 2.33. The summed E-state index contributed by atoms with van der Waals surface area (Å²) in [5.74, 6) is 0.522. The van der Waals surface area contributed by atoms with Crippen molar-refractivity contribution in [3.8, 4) is 6.07 Å². The maximum absolute atomic E-state index is 9.03. The van der Waals surface area contributed by atoms with Crippen LogP contribution in [0.3, 0.4) is 0 Å². The van der Waals surface area contributed by atoms with Gasteiger partial charge in [-0.3, -0.25) is 0 Å². The van der Waals surface area contributed by atoms with Crippen molar-refractivity contribution in [2.45, 2.75) is 45.6 Å². The first-order chi connectivity index (χ1) is 6.74. The molecule has 1 aromatic heterocycles. The van der Waals surface area contributed by atoms with E-state index in [0.717, 1.165) is 18.5 Å². The number of aromatic nitrogens is 1. The van der Waals surface area contributed by atoms with E-state index < -0.39 is 0 Å². The summed E-state index contributed by atoms with van der Waals surface area (Å²) in [6, 6.07) is 4.38. The molecule has 0 fully saturated rings. The van der Waals surface area contributed by atoms with Crippen LogP contribution in [-0.2, 0) is 13.0 Å². The lowest BCUT2D eigenvalue weighted by atomic mass is 10.1. The van der Waals surface area contributed by atoms with Crippen molar-refractivity contribution in [2.24, 2.45) is 0 Å². The van der Waals surface area contributed by atoms with Gasteiger partial charge in [-0.1, -0.05) is 13.8 Å². The molecule has 0 N–H and O–H groups in total. The van der Waals surface area contributed by atoms with Crippen molar-refractivity contribution in [1.29, 1.82) is 5.26 Å². The maximum atomic E-state index is 9.03.